The fraction of sp³-hybridized carbons (Fsp3) is 0.520. The van der Waals surface area contributed by atoms with E-state index < -0.39 is 30.3 Å². The monoisotopic (exact) mass is 454 g/mol. The van der Waals surface area contributed by atoms with Gasteiger partial charge in [-0.1, -0.05) is 31.9 Å². The van der Waals surface area contributed by atoms with E-state index in [1.807, 2.05) is 6.92 Å². The van der Waals surface area contributed by atoms with Crippen LogP contribution in [-0.2, 0) is 23.9 Å². The van der Waals surface area contributed by atoms with Crippen molar-refractivity contribution in [2.45, 2.75) is 38.6 Å². The highest BCUT2D eigenvalue weighted by molar-refractivity contribution is 6.09. The molecule has 2 bridgehead atoms. The number of esters is 1. The van der Waals surface area contributed by atoms with Crippen LogP contribution in [0.4, 0.5) is 10.1 Å². The molecule has 1 N–H and O–H groups in total. The summed E-state index contributed by atoms with van der Waals surface area (Å²) in [7, 11) is 0. The van der Waals surface area contributed by atoms with Crippen LogP contribution in [-0.4, -0.2) is 41.2 Å². The van der Waals surface area contributed by atoms with Crippen LogP contribution >= 0.6 is 0 Å². The van der Waals surface area contributed by atoms with E-state index in [1.54, 1.807) is 0 Å². The zero-order valence-electron chi connectivity index (χ0n) is 18.4. The molecule has 6 rings (SSSR count). The number of unbranched alkanes of at least 4 members (excludes halogenated alkanes) is 1. The van der Waals surface area contributed by atoms with Crippen molar-refractivity contribution in [3.8, 4) is 0 Å². The molecule has 0 unspecified atom stereocenters. The number of anilines is 1. The number of amides is 3. The van der Waals surface area contributed by atoms with E-state index in [0.29, 0.717) is 30.4 Å². The van der Waals surface area contributed by atoms with Gasteiger partial charge in [0.1, 0.15) is 11.9 Å². The first kappa shape index (κ1) is 21.8. The maximum atomic E-state index is 13.4. The van der Waals surface area contributed by atoms with Gasteiger partial charge in [0.15, 0.2) is 6.61 Å². The molecule has 2 saturated carbocycles. The van der Waals surface area contributed by atoms with E-state index in [2.05, 4.69) is 17.5 Å². The number of rotatable bonds is 8. The highest BCUT2D eigenvalue weighted by atomic mass is 19.1. The van der Waals surface area contributed by atoms with Crippen LogP contribution in [0.15, 0.2) is 36.4 Å². The molecule has 1 aromatic rings. The molecule has 4 aliphatic carbocycles. The van der Waals surface area contributed by atoms with Crippen molar-refractivity contribution in [3.05, 3.63) is 42.2 Å². The molecule has 0 spiro atoms. The fourth-order valence-electron chi connectivity index (χ4n) is 6.00. The number of allylic oxidation sites excluding steroid dienone is 2. The molecule has 174 valence electrons. The molecule has 7 nitrogen and oxygen atoms in total. The van der Waals surface area contributed by atoms with Gasteiger partial charge in [-0.15, -0.1) is 0 Å². The van der Waals surface area contributed by atoms with Crippen molar-refractivity contribution >= 4 is 29.4 Å². The van der Waals surface area contributed by atoms with Gasteiger partial charge in [0.05, 0.1) is 11.8 Å². The predicted octanol–water partition coefficient (Wildman–Crippen LogP) is 2.92. The van der Waals surface area contributed by atoms with Gasteiger partial charge in [-0.25, -0.2) is 9.18 Å². The van der Waals surface area contributed by atoms with Gasteiger partial charge < -0.3 is 10.1 Å². The predicted molar refractivity (Wildman–Crippen MR) is 116 cm³/mol. The van der Waals surface area contributed by atoms with Crippen LogP contribution in [0, 0.1) is 41.3 Å². The first-order chi connectivity index (χ1) is 15.9. The van der Waals surface area contributed by atoms with Gasteiger partial charge in [-0.3, -0.25) is 19.3 Å². The number of carbonyl (C=O) groups excluding carboxylic acids is 4. The second kappa shape index (κ2) is 8.39. The summed E-state index contributed by atoms with van der Waals surface area (Å²) in [5.41, 5.74) is 0.371. The Labute approximate surface area is 191 Å². The fourth-order valence-corrected chi connectivity index (χ4v) is 6.00. The molecular weight excluding hydrogens is 427 g/mol. The molecule has 1 aromatic carbocycles. The van der Waals surface area contributed by atoms with Gasteiger partial charge >= 0.3 is 5.97 Å². The molecule has 3 amide bonds. The minimum Gasteiger partial charge on any atom is -0.454 e. The Morgan fingerprint density at radius 2 is 1.70 bits per heavy atom. The van der Waals surface area contributed by atoms with E-state index in [1.165, 1.54) is 24.3 Å². The van der Waals surface area contributed by atoms with Crippen molar-refractivity contribution in [3.63, 3.8) is 0 Å². The number of benzene rings is 1. The van der Waals surface area contributed by atoms with Crippen LogP contribution in [0.3, 0.4) is 0 Å². The topological polar surface area (TPSA) is 92.8 Å². The van der Waals surface area contributed by atoms with E-state index in [0.717, 1.165) is 17.7 Å². The highest BCUT2D eigenvalue weighted by Crippen LogP contribution is 2.65. The van der Waals surface area contributed by atoms with Gasteiger partial charge in [-0.05, 0) is 60.8 Å². The number of ether oxygens (including phenoxy) is 1. The largest absolute Gasteiger partial charge is 0.454 e. The average molecular weight is 454 g/mol. The summed E-state index contributed by atoms with van der Waals surface area (Å²) in [5, 5.41) is 2.53. The summed E-state index contributed by atoms with van der Waals surface area (Å²) < 4.78 is 18.3. The number of halogens is 1. The lowest BCUT2D eigenvalue weighted by Gasteiger charge is -2.37. The second-order valence-electron chi connectivity index (χ2n) is 9.52. The number of hydrogen-bond acceptors (Lipinski definition) is 5. The molecule has 8 heteroatoms. The van der Waals surface area contributed by atoms with Crippen molar-refractivity contribution in [1.29, 1.82) is 0 Å². The summed E-state index contributed by atoms with van der Waals surface area (Å²) in [6.45, 7) is 1.41. The Bertz CT molecular complexity index is 986. The van der Waals surface area contributed by atoms with Crippen LogP contribution in [0.2, 0.25) is 0 Å². The second-order valence-corrected chi connectivity index (χ2v) is 9.52. The Morgan fingerprint density at radius 1 is 1.09 bits per heavy atom. The summed E-state index contributed by atoms with van der Waals surface area (Å²) in [5.74, 6) is -1.95. The number of hydrogen-bond donors (Lipinski definition) is 1. The van der Waals surface area contributed by atoms with Gasteiger partial charge in [0.2, 0.25) is 11.8 Å². The number of nitrogens with zero attached hydrogens (tertiary/aromatic N) is 1. The van der Waals surface area contributed by atoms with Crippen molar-refractivity contribution in [1.82, 2.24) is 4.90 Å². The summed E-state index contributed by atoms with van der Waals surface area (Å²) in [6, 6.07) is 4.19. The first-order valence-electron chi connectivity index (χ1n) is 11.7. The average Bonchev–Trinajstić information content (AvgIpc) is 3.59. The molecule has 1 heterocycles. The zero-order valence-corrected chi connectivity index (χ0v) is 18.4. The lowest BCUT2D eigenvalue weighted by atomic mass is 9.63. The Balaban J connectivity index is 1.27. The quantitative estimate of drug-likeness (QED) is 0.370. The van der Waals surface area contributed by atoms with Crippen molar-refractivity contribution in [2.75, 3.05) is 11.9 Å². The minimum absolute atomic E-state index is 0.0794. The molecule has 0 radical (unpaired) electrons. The molecule has 3 fully saturated rings. The minimum atomic E-state index is -1.02. The van der Waals surface area contributed by atoms with E-state index in [-0.39, 0.29) is 35.5 Å². The Hall–Kier alpha value is -3.03. The maximum Gasteiger partial charge on any atom is 0.329 e. The third-order valence-corrected chi connectivity index (χ3v) is 7.59. The smallest absolute Gasteiger partial charge is 0.329 e. The van der Waals surface area contributed by atoms with Crippen LogP contribution in [0.5, 0.6) is 0 Å². The number of carbonyl (C=O) groups is 4. The van der Waals surface area contributed by atoms with Gasteiger partial charge in [-0.2, -0.15) is 0 Å². The maximum absolute atomic E-state index is 13.4. The third kappa shape index (κ3) is 3.75. The molecule has 7 atom stereocenters. The molecular formula is C25H27FN2O5. The Kier molecular flexibility index (Phi) is 5.54. The zero-order chi connectivity index (χ0) is 23.3. The lowest BCUT2D eigenvalue weighted by Crippen LogP contribution is -2.47. The van der Waals surface area contributed by atoms with Crippen LogP contribution in [0.1, 0.15) is 32.6 Å². The van der Waals surface area contributed by atoms with Crippen molar-refractivity contribution in [2.24, 2.45) is 35.5 Å². The van der Waals surface area contributed by atoms with Gasteiger partial charge in [0.25, 0.3) is 5.91 Å². The Morgan fingerprint density at radius 3 is 2.27 bits per heavy atom. The normalized spacial score (nSPS) is 31.8. The van der Waals surface area contributed by atoms with E-state index in [9.17, 15) is 23.6 Å². The standard InChI is InChI=1S/C25H27FN2O5/c1-2-3-4-19(25(32)33-12-20(29)27-14-7-5-13(26)6-8-14)28-23(30)21-15-9-10-16(18-11-17(15)18)22(21)24(28)31/h5-10,15-19,21-22H,2-4,11-12H2,1H3,(H,27,29)/t15-,16-,17-,18-,19-,21-,22+/m1/s1. The number of imide groups is 1. The SMILES string of the molecule is CCCC[C@H](C(=O)OCC(=O)Nc1ccc(F)cc1)N1C(=O)[C@@H]2[C@@H]3C=C[C@H]([C@H]4C[C@H]34)[C@@H]2C1=O. The molecule has 0 aromatic heterocycles. The first-order valence-corrected chi connectivity index (χ1v) is 11.7. The summed E-state index contributed by atoms with van der Waals surface area (Å²) in [6.07, 6.45) is 6.99. The number of nitrogens with one attached hydrogen (secondary N) is 1. The van der Waals surface area contributed by atoms with Crippen molar-refractivity contribution < 1.29 is 28.3 Å². The number of likely N-dealkylation sites (tertiary alicyclic amines) is 1. The lowest BCUT2D eigenvalue weighted by molar-refractivity contribution is -0.160. The van der Waals surface area contributed by atoms with Gasteiger partial charge in [0, 0.05) is 5.69 Å². The molecule has 1 aliphatic heterocycles. The summed E-state index contributed by atoms with van der Waals surface area (Å²) in [4.78, 5) is 53.1. The van der Waals surface area contributed by atoms with E-state index >= 15 is 0 Å². The highest BCUT2D eigenvalue weighted by Gasteiger charge is 2.67. The molecule has 5 aliphatic rings. The van der Waals surface area contributed by atoms with E-state index in [4.69, 9.17) is 4.74 Å². The van der Waals surface area contributed by atoms with Crippen LogP contribution in [0.25, 0.3) is 0 Å². The third-order valence-electron chi connectivity index (χ3n) is 7.59. The molecule has 33 heavy (non-hydrogen) atoms. The molecule has 1 saturated heterocycles. The van der Waals surface area contributed by atoms with Crippen LogP contribution < -0.4 is 5.32 Å². The summed E-state index contributed by atoms with van der Waals surface area (Å²) >= 11 is 0.